The normalized spacial score (nSPS) is 12.1. The zero-order chi connectivity index (χ0) is 35.0. The van der Waals surface area contributed by atoms with Crippen molar-refractivity contribution in [2.45, 2.75) is 169 Å². The molecule has 0 saturated heterocycles. The second-order valence-corrected chi connectivity index (χ2v) is 19.5. The number of unbranched alkanes of at least 4 members (excludes halogenated alkanes) is 18. The Labute approximate surface area is 321 Å². The standard InChI is InChI=1S/C46H64S4/c1-5-7-9-11-13-15-17-19-21-23-25-39-41-33-36(4)48-45(41)40(26-24-22-20-18-16-14-12-10-8-6-2)42-34-44(50-46(39)42)43-32-31-38(49-43)30-29-37-28-27-35(3)47-37/h27-34H,5-26H2,1-4H3/b30-29+. The minimum Gasteiger partial charge on any atom is -0.141 e. The number of benzene rings is 1. The summed E-state index contributed by atoms with van der Waals surface area (Å²) in [4.78, 5) is 8.41. The van der Waals surface area contributed by atoms with E-state index in [9.17, 15) is 0 Å². The van der Waals surface area contributed by atoms with Gasteiger partial charge in [-0.25, -0.2) is 0 Å². The third-order valence-corrected chi connectivity index (χ3v) is 14.9. The summed E-state index contributed by atoms with van der Waals surface area (Å²) in [6, 6.07) is 14.3. The molecule has 0 spiro atoms. The molecule has 4 heterocycles. The number of fused-ring (bicyclic) bond motifs is 2. The van der Waals surface area contributed by atoms with Gasteiger partial charge in [-0.05, 0) is 110 Å². The highest BCUT2D eigenvalue weighted by Gasteiger charge is 2.20. The SMILES string of the molecule is CCCCCCCCCCCCc1c2cc(-c3ccc(/C=C/c4ccc(C)s4)s3)sc2c(CCCCCCCCCCCC)c2cc(C)sc12. The van der Waals surface area contributed by atoms with Crippen LogP contribution in [0.25, 0.3) is 42.1 Å². The maximum Gasteiger partial charge on any atom is 0.0455 e. The molecule has 0 N–H and O–H groups in total. The highest BCUT2D eigenvalue weighted by atomic mass is 32.1. The molecular formula is C46H64S4. The third kappa shape index (κ3) is 11.9. The van der Waals surface area contributed by atoms with Gasteiger partial charge in [-0.2, -0.15) is 0 Å². The van der Waals surface area contributed by atoms with Crippen LogP contribution in [0.15, 0.2) is 36.4 Å². The monoisotopic (exact) mass is 744 g/mol. The van der Waals surface area contributed by atoms with Crippen molar-refractivity contribution in [2.75, 3.05) is 0 Å². The molecule has 0 atom stereocenters. The van der Waals surface area contributed by atoms with Gasteiger partial charge in [0.15, 0.2) is 0 Å². The second kappa shape index (κ2) is 21.7. The lowest BCUT2D eigenvalue weighted by molar-refractivity contribution is 0.556. The van der Waals surface area contributed by atoms with E-state index in [0.717, 1.165) is 0 Å². The van der Waals surface area contributed by atoms with E-state index in [-0.39, 0.29) is 0 Å². The molecule has 0 bridgehead atoms. The summed E-state index contributed by atoms with van der Waals surface area (Å²) < 4.78 is 3.18. The van der Waals surface area contributed by atoms with Gasteiger partial charge in [-0.1, -0.05) is 129 Å². The largest absolute Gasteiger partial charge is 0.141 e. The molecule has 0 nitrogen and oxygen atoms in total. The van der Waals surface area contributed by atoms with Crippen LogP contribution in [0, 0.1) is 13.8 Å². The predicted molar refractivity (Wildman–Crippen MR) is 234 cm³/mol. The van der Waals surface area contributed by atoms with Crippen LogP contribution in [0.1, 0.15) is 173 Å². The Hall–Kier alpha value is -1.72. The van der Waals surface area contributed by atoms with Gasteiger partial charge < -0.3 is 0 Å². The van der Waals surface area contributed by atoms with Crippen LogP contribution >= 0.6 is 45.3 Å². The molecule has 4 aromatic heterocycles. The molecule has 0 aliphatic carbocycles. The number of hydrogen-bond acceptors (Lipinski definition) is 4. The van der Waals surface area contributed by atoms with Crippen molar-refractivity contribution >= 4 is 77.7 Å². The van der Waals surface area contributed by atoms with Crippen molar-refractivity contribution in [3.8, 4) is 9.75 Å². The quantitative estimate of drug-likeness (QED) is 0.0522. The summed E-state index contributed by atoms with van der Waals surface area (Å²) in [5.41, 5.74) is 3.29. The Bertz CT molecular complexity index is 1640. The number of aryl methyl sites for hydroxylation is 4. The van der Waals surface area contributed by atoms with Crippen molar-refractivity contribution in [1.82, 2.24) is 0 Å². The van der Waals surface area contributed by atoms with Crippen LogP contribution < -0.4 is 0 Å². The van der Waals surface area contributed by atoms with Gasteiger partial charge in [0.05, 0.1) is 0 Å². The first kappa shape index (κ1) is 39.5. The molecule has 0 fully saturated rings. The summed E-state index contributed by atoms with van der Waals surface area (Å²) in [5.74, 6) is 0. The van der Waals surface area contributed by atoms with E-state index < -0.39 is 0 Å². The Kier molecular flexibility index (Phi) is 17.2. The van der Waals surface area contributed by atoms with Gasteiger partial charge in [0.25, 0.3) is 0 Å². The van der Waals surface area contributed by atoms with Crippen LogP contribution in [-0.2, 0) is 12.8 Å². The van der Waals surface area contributed by atoms with Crippen LogP contribution in [-0.4, -0.2) is 0 Å². The Balaban J connectivity index is 1.30. The van der Waals surface area contributed by atoms with Crippen molar-refractivity contribution in [3.63, 3.8) is 0 Å². The van der Waals surface area contributed by atoms with Gasteiger partial charge in [0, 0.05) is 38.7 Å². The van der Waals surface area contributed by atoms with Crippen molar-refractivity contribution in [1.29, 1.82) is 0 Å². The maximum atomic E-state index is 2.59. The molecule has 0 radical (unpaired) electrons. The number of rotatable bonds is 25. The van der Waals surface area contributed by atoms with E-state index >= 15 is 0 Å². The molecule has 0 aliphatic rings. The molecule has 5 rings (SSSR count). The second-order valence-electron chi connectivity index (χ2n) is 14.8. The van der Waals surface area contributed by atoms with Crippen LogP contribution in [0.5, 0.6) is 0 Å². The zero-order valence-electron chi connectivity index (χ0n) is 31.8. The van der Waals surface area contributed by atoms with Crippen molar-refractivity contribution in [2.24, 2.45) is 0 Å². The van der Waals surface area contributed by atoms with E-state index in [0.29, 0.717) is 0 Å². The fourth-order valence-electron chi connectivity index (χ4n) is 7.52. The minimum absolute atomic E-state index is 1.22. The van der Waals surface area contributed by atoms with Crippen molar-refractivity contribution in [3.05, 3.63) is 67.0 Å². The van der Waals surface area contributed by atoms with E-state index in [1.54, 1.807) is 31.3 Å². The molecule has 50 heavy (non-hydrogen) atoms. The minimum atomic E-state index is 1.22. The fourth-order valence-corrected chi connectivity index (χ4v) is 11.7. The van der Waals surface area contributed by atoms with E-state index in [4.69, 9.17) is 0 Å². The molecule has 1 aromatic carbocycles. The van der Waals surface area contributed by atoms with Crippen LogP contribution in [0.4, 0.5) is 0 Å². The average molecular weight is 745 g/mol. The van der Waals surface area contributed by atoms with E-state index in [2.05, 4.69) is 98.9 Å². The summed E-state index contributed by atoms with van der Waals surface area (Å²) in [7, 11) is 0. The summed E-state index contributed by atoms with van der Waals surface area (Å²) in [6.45, 7) is 9.14. The Morgan fingerprint density at radius 3 is 1.40 bits per heavy atom. The molecule has 0 unspecified atom stereocenters. The highest BCUT2D eigenvalue weighted by molar-refractivity contribution is 7.26. The summed E-state index contributed by atoms with van der Waals surface area (Å²) >= 11 is 7.96. The zero-order valence-corrected chi connectivity index (χ0v) is 35.1. The van der Waals surface area contributed by atoms with Gasteiger partial charge in [-0.3, -0.25) is 0 Å². The molecule has 5 aromatic rings. The Morgan fingerprint density at radius 1 is 0.420 bits per heavy atom. The number of thiophene rings is 4. The first-order valence-corrected chi connectivity index (χ1v) is 23.7. The molecule has 4 heteroatoms. The lowest BCUT2D eigenvalue weighted by atomic mass is 9.94. The Morgan fingerprint density at radius 2 is 0.880 bits per heavy atom. The fraction of sp³-hybridized carbons (Fsp3) is 0.565. The van der Waals surface area contributed by atoms with Gasteiger partial charge >= 0.3 is 0 Å². The summed E-state index contributed by atoms with van der Waals surface area (Å²) in [6.07, 6.45) is 35.0. The maximum absolute atomic E-state index is 2.59. The first-order valence-electron chi connectivity index (χ1n) is 20.4. The van der Waals surface area contributed by atoms with Crippen molar-refractivity contribution < 1.29 is 0 Å². The lowest BCUT2D eigenvalue weighted by Gasteiger charge is -2.12. The van der Waals surface area contributed by atoms with Gasteiger partial charge in [0.2, 0.25) is 0 Å². The lowest BCUT2D eigenvalue weighted by Crippen LogP contribution is -1.93. The number of hydrogen-bond donors (Lipinski definition) is 0. The molecule has 0 amide bonds. The first-order chi connectivity index (χ1) is 24.6. The van der Waals surface area contributed by atoms with E-state index in [1.807, 2.05) is 22.7 Å². The molecular weight excluding hydrogens is 681 g/mol. The third-order valence-electron chi connectivity index (χ3n) is 10.4. The van der Waals surface area contributed by atoms with Gasteiger partial charge in [0.1, 0.15) is 0 Å². The molecule has 272 valence electrons. The van der Waals surface area contributed by atoms with Gasteiger partial charge in [-0.15, -0.1) is 45.3 Å². The highest BCUT2D eigenvalue weighted by Crippen LogP contribution is 2.46. The van der Waals surface area contributed by atoms with Crippen LogP contribution in [0.2, 0.25) is 0 Å². The summed E-state index contributed by atoms with van der Waals surface area (Å²) in [5, 5.41) is 3.14. The van der Waals surface area contributed by atoms with E-state index in [1.165, 1.54) is 171 Å². The predicted octanol–water partition coefficient (Wildman–Crippen LogP) is 17.6. The molecule has 0 saturated carbocycles. The average Bonchev–Trinajstić information content (AvgIpc) is 3.92. The van der Waals surface area contributed by atoms with Crippen LogP contribution in [0.3, 0.4) is 0 Å². The smallest absolute Gasteiger partial charge is 0.0455 e. The topological polar surface area (TPSA) is 0 Å². The molecule has 0 aliphatic heterocycles.